The van der Waals surface area contributed by atoms with Gasteiger partial charge in [-0.1, -0.05) is 71.9 Å². The maximum absolute atomic E-state index is 13.0. The molecule has 29 heavy (non-hydrogen) atoms. The van der Waals surface area contributed by atoms with Crippen molar-refractivity contribution < 1.29 is 19.3 Å². The molecule has 0 aliphatic carbocycles. The summed E-state index contributed by atoms with van der Waals surface area (Å²) in [6, 6.07) is 21.4. The van der Waals surface area contributed by atoms with E-state index in [1.165, 1.54) is 13.0 Å². The lowest BCUT2D eigenvalue weighted by Gasteiger charge is -2.07. The van der Waals surface area contributed by atoms with Gasteiger partial charge in [-0.15, -0.1) is 0 Å². The number of carbonyl (C=O) groups excluding carboxylic acids is 2. The average Bonchev–Trinajstić information content (AvgIpc) is 2.74. The molecule has 0 unspecified atom stereocenters. The van der Waals surface area contributed by atoms with Crippen LogP contribution in [0.4, 0.5) is 5.69 Å². The predicted molar refractivity (Wildman–Crippen MR) is 108 cm³/mol. The van der Waals surface area contributed by atoms with E-state index in [9.17, 15) is 19.7 Å². The van der Waals surface area contributed by atoms with Crippen LogP contribution in [0.15, 0.2) is 84.0 Å². The highest BCUT2D eigenvalue weighted by molar-refractivity contribution is 6.51. The van der Waals surface area contributed by atoms with Crippen LogP contribution < -0.4 is 0 Å². The molecule has 0 N–H and O–H groups in total. The first-order valence-electron chi connectivity index (χ1n) is 8.67. The lowest BCUT2D eigenvalue weighted by Crippen LogP contribution is -2.17. The van der Waals surface area contributed by atoms with Gasteiger partial charge in [0.2, 0.25) is 5.78 Å². The summed E-state index contributed by atoms with van der Waals surface area (Å²) in [5.74, 6) is -1.08. The van der Waals surface area contributed by atoms with E-state index in [-0.39, 0.29) is 11.4 Å². The highest BCUT2D eigenvalue weighted by atomic mass is 16.7. The third-order valence-electron chi connectivity index (χ3n) is 4.09. The first-order valence-corrected chi connectivity index (χ1v) is 8.67. The molecule has 0 atom stereocenters. The van der Waals surface area contributed by atoms with Crippen LogP contribution in [0.3, 0.4) is 0 Å². The number of oxime groups is 1. The molecule has 0 saturated heterocycles. The fourth-order valence-corrected chi connectivity index (χ4v) is 2.75. The quantitative estimate of drug-likeness (QED) is 0.205. The van der Waals surface area contributed by atoms with Crippen LogP contribution in [0.1, 0.15) is 22.8 Å². The van der Waals surface area contributed by atoms with E-state index in [0.29, 0.717) is 22.3 Å². The second kappa shape index (κ2) is 8.71. The fraction of sp³-hybridized carbons (Fsp3) is 0.0455. The summed E-state index contributed by atoms with van der Waals surface area (Å²) < 4.78 is 0. The molecule has 0 heterocycles. The third kappa shape index (κ3) is 4.59. The summed E-state index contributed by atoms with van der Waals surface area (Å²) in [6.07, 6.45) is 0. The minimum atomic E-state index is -0.641. The summed E-state index contributed by atoms with van der Waals surface area (Å²) >= 11 is 0. The van der Waals surface area contributed by atoms with Gasteiger partial charge >= 0.3 is 5.97 Å². The van der Waals surface area contributed by atoms with Crippen molar-refractivity contribution in [2.24, 2.45) is 5.16 Å². The first kappa shape index (κ1) is 19.6. The Bertz CT molecular complexity index is 1090. The minimum Gasteiger partial charge on any atom is -0.318 e. The van der Waals surface area contributed by atoms with Crippen LogP contribution in [0, 0.1) is 10.1 Å². The molecule has 3 aromatic carbocycles. The molecule has 0 radical (unpaired) electrons. The van der Waals surface area contributed by atoms with Gasteiger partial charge in [0, 0.05) is 24.1 Å². The van der Waals surface area contributed by atoms with E-state index in [1.807, 2.05) is 0 Å². The minimum absolute atomic E-state index is 0.0146. The molecule has 7 nitrogen and oxygen atoms in total. The molecule has 0 saturated carbocycles. The second-order valence-corrected chi connectivity index (χ2v) is 6.07. The lowest BCUT2D eigenvalue weighted by molar-refractivity contribution is -0.384. The van der Waals surface area contributed by atoms with Crippen LogP contribution in [-0.2, 0) is 9.63 Å². The molecule has 3 rings (SSSR count). The topological polar surface area (TPSA) is 98.9 Å². The number of nitrogens with zero attached hydrogens (tertiary/aromatic N) is 2. The molecule has 0 spiro atoms. The Morgan fingerprint density at radius 1 is 0.862 bits per heavy atom. The van der Waals surface area contributed by atoms with Gasteiger partial charge < -0.3 is 4.84 Å². The number of rotatable bonds is 6. The number of ketones is 1. The fourth-order valence-electron chi connectivity index (χ4n) is 2.75. The van der Waals surface area contributed by atoms with Crippen LogP contribution in [-0.4, -0.2) is 22.4 Å². The summed E-state index contributed by atoms with van der Waals surface area (Å²) in [6.45, 7) is 1.19. The second-order valence-electron chi connectivity index (χ2n) is 6.07. The van der Waals surface area contributed by atoms with Gasteiger partial charge in [0.15, 0.2) is 5.71 Å². The third-order valence-corrected chi connectivity index (χ3v) is 4.09. The maximum atomic E-state index is 13.0. The smallest absolute Gasteiger partial charge is 0.318 e. The Kier molecular flexibility index (Phi) is 5.89. The largest absolute Gasteiger partial charge is 0.332 e. The normalized spacial score (nSPS) is 11.0. The van der Waals surface area contributed by atoms with Crippen molar-refractivity contribution in [2.45, 2.75) is 6.92 Å². The molecule has 0 fully saturated rings. The molecular weight excluding hydrogens is 372 g/mol. The Labute approximate surface area is 166 Å². The van der Waals surface area contributed by atoms with Crippen molar-refractivity contribution in [1.82, 2.24) is 0 Å². The van der Waals surface area contributed by atoms with Crippen molar-refractivity contribution in [3.8, 4) is 11.1 Å². The van der Waals surface area contributed by atoms with E-state index >= 15 is 0 Å². The van der Waals surface area contributed by atoms with Crippen molar-refractivity contribution in [1.29, 1.82) is 0 Å². The Morgan fingerprint density at radius 3 is 2.10 bits per heavy atom. The number of para-hydroxylation sites is 1. The molecule has 0 aliphatic rings. The molecule has 0 bridgehead atoms. The summed E-state index contributed by atoms with van der Waals surface area (Å²) in [5, 5.41) is 15.0. The predicted octanol–water partition coefficient (Wildman–Crippen LogP) is 4.41. The Balaban J connectivity index is 1.96. The highest BCUT2D eigenvalue weighted by Crippen LogP contribution is 2.29. The average molecular weight is 388 g/mol. The van der Waals surface area contributed by atoms with Gasteiger partial charge in [-0.25, -0.2) is 4.79 Å². The Hall–Kier alpha value is -4.13. The molecule has 0 aromatic heterocycles. The SMILES string of the molecule is CC(=O)O/N=C(\C(=O)c1ccc(-c2ccccc2[N+](=O)[O-])cc1)c1ccccc1. The van der Waals surface area contributed by atoms with Gasteiger partial charge in [0.1, 0.15) is 0 Å². The van der Waals surface area contributed by atoms with Gasteiger partial charge in [0.25, 0.3) is 5.69 Å². The number of Topliss-reactive ketones (excluding diaryl/α,β-unsaturated/α-hetero) is 1. The zero-order valence-electron chi connectivity index (χ0n) is 15.4. The number of nitro groups is 1. The molecule has 0 aliphatic heterocycles. The highest BCUT2D eigenvalue weighted by Gasteiger charge is 2.19. The molecule has 144 valence electrons. The number of hydrogen-bond acceptors (Lipinski definition) is 6. The van der Waals surface area contributed by atoms with Crippen LogP contribution >= 0.6 is 0 Å². The maximum Gasteiger partial charge on any atom is 0.332 e. The summed E-state index contributed by atoms with van der Waals surface area (Å²) in [4.78, 5) is 39.6. The molecule has 7 heteroatoms. The van der Waals surface area contributed by atoms with Crippen LogP contribution in [0.2, 0.25) is 0 Å². The lowest BCUT2D eigenvalue weighted by atomic mass is 9.97. The number of hydrogen-bond donors (Lipinski definition) is 0. The first-order chi connectivity index (χ1) is 14.0. The number of benzene rings is 3. The Morgan fingerprint density at radius 2 is 1.48 bits per heavy atom. The summed E-state index contributed by atoms with van der Waals surface area (Å²) in [7, 11) is 0. The van der Waals surface area contributed by atoms with Crippen molar-refractivity contribution in [2.75, 3.05) is 0 Å². The standard InChI is InChI=1S/C22H16N2O5/c1-15(25)29-23-21(17-7-3-2-4-8-17)22(26)18-13-11-16(12-14-18)19-9-5-6-10-20(19)24(27)28/h2-14H,1H3/b23-21-. The van der Waals surface area contributed by atoms with Crippen molar-refractivity contribution in [3.63, 3.8) is 0 Å². The van der Waals surface area contributed by atoms with Crippen LogP contribution in [0.5, 0.6) is 0 Å². The summed E-state index contributed by atoms with van der Waals surface area (Å²) in [5.41, 5.74) is 1.83. The monoisotopic (exact) mass is 388 g/mol. The van der Waals surface area contributed by atoms with E-state index in [1.54, 1.807) is 72.8 Å². The van der Waals surface area contributed by atoms with E-state index in [0.717, 1.165) is 0 Å². The van der Waals surface area contributed by atoms with Gasteiger partial charge in [0.05, 0.1) is 10.5 Å². The molecule has 0 amide bonds. The molecular formula is C22H16N2O5. The van der Waals surface area contributed by atoms with Gasteiger partial charge in [-0.05, 0) is 11.6 Å². The van der Waals surface area contributed by atoms with Crippen molar-refractivity contribution in [3.05, 3.63) is 100 Å². The van der Waals surface area contributed by atoms with Crippen molar-refractivity contribution >= 4 is 23.2 Å². The number of carbonyl (C=O) groups is 2. The zero-order valence-corrected chi connectivity index (χ0v) is 15.4. The zero-order chi connectivity index (χ0) is 20.8. The van der Waals surface area contributed by atoms with Gasteiger partial charge in [-0.3, -0.25) is 14.9 Å². The van der Waals surface area contributed by atoms with Crippen LogP contribution in [0.25, 0.3) is 11.1 Å². The number of nitro benzene ring substituents is 1. The molecule has 3 aromatic rings. The van der Waals surface area contributed by atoms with E-state index in [4.69, 9.17) is 0 Å². The van der Waals surface area contributed by atoms with E-state index in [2.05, 4.69) is 9.99 Å². The van der Waals surface area contributed by atoms with E-state index < -0.39 is 16.7 Å². The van der Waals surface area contributed by atoms with Gasteiger partial charge in [-0.2, -0.15) is 0 Å².